The Morgan fingerprint density at radius 3 is 2.88 bits per heavy atom. The van der Waals surface area contributed by atoms with Crippen LogP contribution in [0.3, 0.4) is 0 Å². The maximum atomic E-state index is 13.7. The molecule has 4 nitrogen and oxygen atoms in total. The van der Waals surface area contributed by atoms with Crippen LogP contribution in [0.2, 0.25) is 0 Å². The van der Waals surface area contributed by atoms with Gasteiger partial charge in [0.25, 0.3) is 0 Å². The number of benzene rings is 2. The molecular formula is C21H27FN2O2. The Balaban J connectivity index is 1.79. The van der Waals surface area contributed by atoms with E-state index in [1.807, 2.05) is 19.1 Å². The molecule has 1 unspecified atom stereocenters. The molecule has 1 saturated heterocycles. The maximum absolute atomic E-state index is 13.7. The lowest BCUT2D eigenvalue weighted by Gasteiger charge is -2.36. The minimum Gasteiger partial charge on any atom is -0.496 e. The summed E-state index contributed by atoms with van der Waals surface area (Å²) in [7, 11) is 1.68. The monoisotopic (exact) mass is 358 g/mol. The summed E-state index contributed by atoms with van der Waals surface area (Å²) in [4.78, 5) is 2.40. The van der Waals surface area contributed by atoms with E-state index in [1.54, 1.807) is 19.2 Å². The zero-order valence-corrected chi connectivity index (χ0v) is 15.5. The average Bonchev–Trinajstić information content (AvgIpc) is 2.67. The first kappa shape index (κ1) is 18.8. The van der Waals surface area contributed by atoms with Crippen LogP contribution in [-0.2, 0) is 17.9 Å². The van der Waals surface area contributed by atoms with Crippen LogP contribution in [0.5, 0.6) is 5.75 Å². The summed E-state index contributed by atoms with van der Waals surface area (Å²) < 4.78 is 24.7. The van der Waals surface area contributed by atoms with Gasteiger partial charge in [-0.1, -0.05) is 18.2 Å². The highest BCUT2D eigenvalue weighted by Gasteiger charge is 2.24. The van der Waals surface area contributed by atoms with Gasteiger partial charge in [-0.05, 0) is 42.3 Å². The average molecular weight is 358 g/mol. The van der Waals surface area contributed by atoms with Gasteiger partial charge in [0, 0.05) is 44.4 Å². The summed E-state index contributed by atoms with van der Waals surface area (Å²) in [5.74, 6) is 0.667. The van der Waals surface area contributed by atoms with Crippen molar-refractivity contribution in [2.75, 3.05) is 33.4 Å². The Labute approximate surface area is 154 Å². The third-order valence-electron chi connectivity index (χ3n) is 4.78. The second-order valence-corrected chi connectivity index (χ2v) is 6.53. The van der Waals surface area contributed by atoms with Crippen LogP contribution in [0.4, 0.5) is 4.39 Å². The number of methoxy groups -OCH3 is 1. The van der Waals surface area contributed by atoms with Crippen LogP contribution in [0.25, 0.3) is 0 Å². The van der Waals surface area contributed by atoms with E-state index in [0.29, 0.717) is 13.2 Å². The lowest BCUT2D eigenvalue weighted by atomic mass is 10.0. The summed E-state index contributed by atoms with van der Waals surface area (Å²) in [6.45, 7) is 6.70. The van der Waals surface area contributed by atoms with Crippen molar-refractivity contribution in [3.05, 3.63) is 65.0 Å². The van der Waals surface area contributed by atoms with Gasteiger partial charge in [-0.2, -0.15) is 0 Å². The van der Waals surface area contributed by atoms with Gasteiger partial charge in [-0.15, -0.1) is 0 Å². The van der Waals surface area contributed by atoms with E-state index < -0.39 is 0 Å². The molecule has 5 heteroatoms. The van der Waals surface area contributed by atoms with Crippen LogP contribution in [0, 0.1) is 5.82 Å². The van der Waals surface area contributed by atoms with Crippen molar-refractivity contribution in [3.63, 3.8) is 0 Å². The van der Waals surface area contributed by atoms with Gasteiger partial charge >= 0.3 is 0 Å². The minimum atomic E-state index is -0.184. The molecule has 0 amide bonds. The minimum absolute atomic E-state index is 0.164. The number of rotatable bonds is 7. The Kier molecular flexibility index (Phi) is 6.61. The van der Waals surface area contributed by atoms with Crippen molar-refractivity contribution in [1.82, 2.24) is 10.2 Å². The highest BCUT2D eigenvalue weighted by atomic mass is 19.1. The Bertz CT molecular complexity index is 723. The molecule has 0 saturated carbocycles. The highest BCUT2D eigenvalue weighted by Crippen LogP contribution is 2.27. The fourth-order valence-electron chi connectivity index (χ4n) is 3.47. The largest absolute Gasteiger partial charge is 0.496 e. The molecule has 0 spiro atoms. The number of ether oxygens (including phenoxy) is 2. The Morgan fingerprint density at radius 2 is 2.12 bits per heavy atom. The van der Waals surface area contributed by atoms with E-state index in [1.165, 1.54) is 11.6 Å². The predicted octanol–water partition coefficient (Wildman–Crippen LogP) is 3.52. The van der Waals surface area contributed by atoms with Gasteiger partial charge in [0.15, 0.2) is 0 Å². The number of hydrogen-bond donors (Lipinski definition) is 1. The van der Waals surface area contributed by atoms with Crippen molar-refractivity contribution < 1.29 is 13.9 Å². The summed E-state index contributed by atoms with van der Waals surface area (Å²) in [5, 5.41) is 3.42. The summed E-state index contributed by atoms with van der Waals surface area (Å²) in [5.41, 5.74) is 3.29. The molecule has 140 valence electrons. The van der Waals surface area contributed by atoms with Crippen LogP contribution in [0.1, 0.15) is 29.7 Å². The van der Waals surface area contributed by atoms with Crippen molar-refractivity contribution in [2.45, 2.75) is 26.1 Å². The molecule has 1 heterocycles. The molecule has 0 aromatic heterocycles. The summed E-state index contributed by atoms with van der Waals surface area (Å²) in [6, 6.07) is 13.3. The second-order valence-electron chi connectivity index (χ2n) is 6.53. The first-order valence-electron chi connectivity index (χ1n) is 9.15. The fourth-order valence-corrected chi connectivity index (χ4v) is 3.47. The van der Waals surface area contributed by atoms with E-state index in [4.69, 9.17) is 9.47 Å². The van der Waals surface area contributed by atoms with Crippen molar-refractivity contribution in [3.8, 4) is 5.75 Å². The molecule has 1 atom stereocenters. The SMILES string of the molecule is CCOCc1cc(CN2CCNCC2c2cccc(F)c2)ccc1OC. The van der Waals surface area contributed by atoms with E-state index >= 15 is 0 Å². The van der Waals surface area contributed by atoms with Gasteiger partial charge in [-0.3, -0.25) is 4.90 Å². The van der Waals surface area contributed by atoms with Gasteiger partial charge in [0.05, 0.1) is 13.7 Å². The molecule has 1 N–H and O–H groups in total. The molecule has 2 aromatic carbocycles. The van der Waals surface area contributed by atoms with E-state index in [2.05, 4.69) is 22.3 Å². The normalized spacial score (nSPS) is 18.0. The zero-order chi connectivity index (χ0) is 18.4. The first-order chi connectivity index (χ1) is 12.7. The van der Waals surface area contributed by atoms with Gasteiger partial charge < -0.3 is 14.8 Å². The number of nitrogens with zero attached hydrogens (tertiary/aromatic N) is 1. The van der Waals surface area contributed by atoms with Gasteiger partial charge in [0.1, 0.15) is 11.6 Å². The second kappa shape index (κ2) is 9.12. The van der Waals surface area contributed by atoms with Crippen LogP contribution in [0.15, 0.2) is 42.5 Å². The van der Waals surface area contributed by atoms with Gasteiger partial charge in [-0.25, -0.2) is 4.39 Å². The first-order valence-corrected chi connectivity index (χ1v) is 9.15. The van der Waals surface area contributed by atoms with E-state index in [0.717, 1.165) is 43.1 Å². The molecule has 0 radical (unpaired) electrons. The molecule has 26 heavy (non-hydrogen) atoms. The standard InChI is InChI=1S/C21H27FN2O2/c1-3-26-15-18-11-16(7-8-21(18)25-2)14-24-10-9-23-13-20(24)17-5-4-6-19(22)12-17/h4-8,11-12,20,23H,3,9-10,13-15H2,1-2H3. The van der Waals surface area contributed by atoms with Crippen LogP contribution < -0.4 is 10.1 Å². The highest BCUT2D eigenvalue weighted by molar-refractivity contribution is 5.37. The summed E-state index contributed by atoms with van der Waals surface area (Å²) in [6.07, 6.45) is 0. The van der Waals surface area contributed by atoms with Crippen LogP contribution >= 0.6 is 0 Å². The van der Waals surface area contributed by atoms with E-state index in [9.17, 15) is 4.39 Å². The Hall–Kier alpha value is -1.95. The van der Waals surface area contributed by atoms with Gasteiger partial charge in [0.2, 0.25) is 0 Å². The molecular weight excluding hydrogens is 331 g/mol. The lowest BCUT2D eigenvalue weighted by Crippen LogP contribution is -2.45. The van der Waals surface area contributed by atoms with Crippen LogP contribution in [-0.4, -0.2) is 38.3 Å². The smallest absolute Gasteiger partial charge is 0.124 e. The molecule has 0 bridgehead atoms. The van der Waals surface area contributed by atoms with E-state index in [-0.39, 0.29) is 11.9 Å². The zero-order valence-electron chi connectivity index (χ0n) is 15.5. The number of nitrogens with one attached hydrogen (secondary N) is 1. The molecule has 0 aliphatic carbocycles. The maximum Gasteiger partial charge on any atom is 0.124 e. The predicted molar refractivity (Wildman–Crippen MR) is 101 cm³/mol. The molecule has 1 fully saturated rings. The quantitative estimate of drug-likeness (QED) is 0.821. The van der Waals surface area contributed by atoms with Crippen molar-refractivity contribution >= 4 is 0 Å². The molecule has 1 aliphatic rings. The number of hydrogen-bond acceptors (Lipinski definition) is 4. The Morgan fingerprint density at radius 1 is 1.23 bits per heavy atom. The van der Waals surface area contributed by atoms with Crippen molar-refractivity contribution in [2.24, 2.45) is 0 Å². The third-order valence-corrected chi connectivity index (χ3v) is 4.78. The fraction of sp³-hybridized carbons (Fsp3) is 0.429. The van der Waals surface area contributed by atoms with Crippen molar-refractivity contribution in [1.29, 1.82) is 0 Å². The number of halogens is 1. The topological polar surface area (TPSA) is 33.7 Å². The molecule has 1 aliphatic heterocycles. The number of piperazine rings is 1. The lowest BCUT2D eigenvalue weighted by molar-refractivity contribution is 0.131. The summed E-state index contributed by atoms with van der Waals surface area (Å²) >= 11 is 0. The third kappa shape index (κ3) is 4.61. The molecule has 2 aromatic rings. The molecule has 3 rings (SSSR count).